The average molecular weight is 221 g/mol. The molecule has 0 N–H and O–H groups in total. The van der Waals surface area contributed by atoms with Crippen LogP contribution in [-0.4, -0.2) is 32.6 Å². The summed E-state index contributed by atoms with van der Waals surface area (Å²) in [6.07, 6.45) is 3.39. The van der Waals surface area contributed by atoms with Crippen LogP contribution in [0.2, 0.25) is 0 Å². The zero-order valence-corrected chi connectivity index (χ0v) is 10.9. The van der Waals surface area contributed by atoms with Gasteiger partial charge in [-0.1, -0.05) is 19.1 Å². The zero-order chi connectivity index (χ0) is 12.0. The Bertz CT molecular complexity index is 321. The molecule has 1 aromatic rings. The Morgan fingerprint density at radius 1 is 1.25 bits per heavy atom. The molecule has 1 aromatic carbocycles. The van der Waals surface area contributed by atoms with Crippen molar-refractivity contribution in [1.82, 2.24) is 4.90 Å². The highest BCUT2D eigenvalue weighted by atomic mass is 16.5. The van der Waals surface area contributed by atoms with E-state index in [1.54, 1.807) is 7.11 Å². The van der Waals surface area contributed by atoms with Gasteiger partial charge in [-0.05, 0) is 57.1 Å². The molecule has 0 aromatic heterocycles. The van der Waals surface area contributed by atoms with Crippen LogP contribution in [0, 0.1) is 0 Å². The van der Waals surface area contributed by atoms with Crippen LogP contribution in [0.1, 0.15) is 24.5 Å². The lowest BCUT2D eigenvalue weighted by Gasteiger charge is -2.11. The number of ether oxygens (including phenoxy) is 1. The number of benzene rings is 1. The van der Waals surface area contributed by atoms with Crippen molar-refractivity contribution in [3.63, 3.8) is 0 Å². The number of hydrogen-bond donors (Lipinski definition) is 0. The fourth-order valence-corrected chi connectivity index (χ4v) is 1.86. The molecular formula is C14H23NO. The van der Waals surface area contributed by atoms with Crippen LogP contribution >= 0.6 is 0 Å². The highest BCUT2D eigenvalue weighted by Gasteiger charge is 2.02. The molecule has 90 valence electrons. The molecule has 0 saturated heterocycles. The molecule has 0 atom stereocenters. The van der Waals surface area contributed by atoms with Gasteiger partial charge in [-0.2, -0.15) is 0 Å². The lowest BCUT2D eigenvalue weighted by atomic mass is 10.0. The van der Waals surface area contributed by atoms with Crippen molar-refractivity contribution in [2.75, 3.05) is 27.7 Å². The van der Waals surface area contributed by atoms with Crippen molar-refractivity contribution in [2.24, 2.45) is 0 Å². The van der Waals surface area contributed by atoms with Gasteiger partial charge in [0.15, 0.2) is 0 Å². The number of rotatable bonds is 6. The van der Waals surface area contributed by atoms with Gasteiger partial charge in [-0.25, -0.2) is 0 Å². The van der Waals surface area contributed by atoms with Gasteiger partial charge in [0.1, 0.15) is 5.75 Å². The van der Waals surface area contributed by atoms with Crippen molar-refractivity contribution >= 4 is 0 Å². The molecule has 0 aliphatic heterocycles. The molecule has 0 spiro atoms. The first-order valence-corrected chi connectivity index (χ1v) is 5.98. The maximum absolute atomic E-state index is 5.33. The summed E-state index contributed by atoms with van der Waals surface area (Å²) in [6.45, 7) is 3.31. The Morgan fingerprint density at radius 2 is 2.00 bits per heavy atom. The van der Waals surface area contributed by atoms with E-state index in [1.165, 1.54) is 17.5 Å². The summed E-state index contributed by atoms with van der Waals surface area (Å²) in [6, 6.07) is 6.53. The highest BCUT2D eigenvalue weighted by molar-refractivity contribution is 5.37. The van der Waals surface area contributed by atoms with E-state index in [0.29, 0.717) is 0 Å². The first-order chi connectivity index (χ1) is 7.67. The van der Waals surface area contributed by atoms with Crippen molar-refractivity contribution < 1.29 is 4.74 Å². The molecule has 0 radical (unpaired) electrons. The Balaban J connectivity index is 2.60. The van der Waals surface area contributed by atoms with E-state index < -0.39 is 0 Å². The van der Waals surface area contributed by atoms with Crippen LogP contribution in [-0.2, 0) is 12.8 Å². The SMILES string of the molecule is CCc1cc(CCCN(C)C)ccc1OC. The van der Waals surface area contributed by atoms with Gasteiger partial charge in [0.2, 0.25) is 0 Å². The first-order valence-electron chi connectivity index (χ1n) is 5.98. The van der Waals surface area contributed by atoms with Crippen molar-refractivity contribution in [1.29, 1.82) is 0 Å². The second-order valence-corrected chi connectivity index (χ2v) is 4.41. The maximum Gasteiger partial charge on any atom is 0.122 e. The van der Waals surface area contributed by atoms with Crippen LogP contribution < -0.4 is 4.74 Å². The molecule has 0 aliphatic carbocycles. The molecule has 0 unspecified atom stereocenters. The quantitative estimate of drug-likeness (QED) is 0.732. The molecule has 0 amide bonds. The Morgan fingerprint density at radius 3 is 2.56 bits per heavy atom. The largest absolute Gasteiger partial charge is 0.496 e. The minimum atomic E-state index is 1.01. The van der Waals surface area contributed by atoms with E-state index in [4.69, 9.17) is 4.74 Å². The summed E-state index contributed by atoms with van der Waals surface area (Å²) in [5.41, 5.74) is 2.73. The van der Waals surface area contributed by atoms with Crippen molar-refractivity contribution in [2.45, 2.75) is 26.2 Å². The summed E-state index contributed by atoms with van der Waals surface area (Å²) in [7, 11) is 5.97. The predicted octanol–water partition coefficient (Wildman–Crippen LogP) is 2.75. The lowest BCUT2D eigenvalue weighted by molar-refractivity contribution is 0.399. The molecule has 16 heavy (non-hydrogen) atoms. The third-order valence-corrected chi connectivity index (χ3v) is 2.80. The molecule has 2 heteroatoms. The number of methoxy groups -OCH3 is 1. The number of hydrogen-bond acceptors (Lipinski definition) is 2. The van der Waals surface area contributed by atoms with Crippen molar-refractivity contribution in [3.05, 3.63) is 29.3 Å². The summed E-state index contributed by atoms with van der Waals surface area (Å²) in [4.78, 5) is 2.23. The number of nitrogens with zero attached hydrogens (tertiary/aromatic N) is 1. The van der Waals surface area contributed by atoms with E-state index in [1.807, 2.05) is 0 Å². The van der Waals surface area contributed by atoms with E-state index in [-0.39, 0.29) is 0 Å². The fraction of sp³-hybridized carbons (Fsp3) is 0.571. The smallest absolute Gasteiger partial charge is 0.122 e. The molecule has 1 rings (SSSR count). The van der Waals surface area contributed by atoms with Gasteiger partial charge in [-0.15, -0.1) is 0 Å². The Kier molecular flexibility index (Phi) is 5.33. The fourth-order valence-electron chi connectivity index (χ4n) is 1.86. The van der Waals surface area contributed by atoms with Gasteiger partial charge >= 0.3 is 0 Å². The summed E-state index contributed by atoms with van der Waals surface area (Å²) < 4.78 is 5.33. The van der Waals surface area contributed by atoms with E-state index in [0.717, 1.165) is 25.1 Å². The van der Waals surface area contributed by atoms with Crippen LogP contribution in [0.5, 0.6) is 5.75 Å². The van der Waals surface area contributed by atoms with Crippen molar-refractivity contribution in [3.8, 4) is 5.75 Å². The van der Waals surface area contributed by atoms with E-state index >= 15 is 0 Å². The summed E-state index contributed by atoms with van der Waals surface area (Å²) in [5.74, 6) is 1.01. The molecule has 0 fully saturated rings. The molecule has 2 nitrogen and oxygen atoms in total. The average Bonchev–Trinajstić information content (AvgIpc) is 2.28. The van der Waals surface area contributed by atoms with Gasteiger partial charge in [0, 0.05) is 0 Å². The second kappa shape index (κ2) is 6.54. The third kappa shape index (κ3) is 3.86. The third-order valence-electron chi connectivity index (χ3n) is 2.80. The Labute approximate surface area is 99.2 Å². The first kappa shape index (κ1) is 13.0. The molecular weight excluding hydrogens is 198 g/mol. The van der Waals surface area contributed by atoms with Gasteiger partial charge < -0.3 is 9.64 Å². The zero-order valence-electron chi connectivity index (χ0n) is 10.9. The predicted molar refractivity (Wildman–Crippen MR) is 69.2 cm³/mol. The van der Waals surface area contributed by atoms with E-state index in [2.05, 4.69) is 44.1 Å². The molecule has 0 heterocycles. The standard InChI is InChI=1S/C14H23NO/c1-5-13-11-12(7-6-10-15(2)3)8-9-14(13)16-4/h8-9,11H,5-7,10H2,1-4H3. The van der Waals surface area contributed by atoms with Crippen LogP contribution in [0.4, 0.5) is 0 Å². The van der Waals surface area contributed by atoms with Gasteiger partial charge in [0.25, 0.3) is 0 Å². The van der Waals surface area contributed by atoms with E-state index in [9.17, 15) is 0 Å². The highest BCUT2D eigenvalue weighted by Crippen LogP contribution is 2.20. The molecule has 0 saturated carbocycles. The van der Waals surface area contributed by atoms with Gasteiger partial charge in [-0.3, -0.25) is 0 Å². The monoisotopic (exact) mass is 221 g/mol. The van der Waals surface area contributed by atoms with Crippen LogP contribution in [0.3, 0.4) is 0 Å². The minimum Gasteiger partial charge on any atom is -0.496 e. The Hall–Kier alpha value is -1.02. The van der Waals surface area contributed by atoms with Crippen LogP contribution in [0.25, 0.3) is 0 Å². The normalized spacial score (nSPS) is 10.8. The lowest BCUT2D eigenvalue weighted by Crippen LogP contribution is -2.13. The minimum absolute atomic E-state index is 1.01. The van der Waals surface area contributed by atoms with Crippen LogP contribution in [0.15, 0.2) is 18.2 Å². The maximum atomic E-state index is 5.33. The summed E-state index contributed by atoms with van der Waals surface area (Å²) >= 11 is 0. The topological polar surface area (TPSA) is 12.5 Å². The summed E-state index contributed by atoms with van der Waals surface area (Å²) in [5, 5.41) is 0. The molecule has 0 bridgehead atoms. The molecule has 0 aliphatic rings. The number of aryl methyl sites for hydroxylation is 2. The van der Waals surface area contributed by atoms with Gasteiger partial charge in [0.05, 0.1) is 7.11 Å². The second-order valence-electron chi connectivity index (χ2n) is 4.41.